The zero-order chi connectivity index (χ0) is 24.0. The van der Waals surface area contributed by atoms with Crippen molar-refractivity contribution in [1.82, 2.24) is 4.31 Å². The molecule has 33 heavy (non-hydrogen) atoms. The Hall–Kier alpha value is -2.82. The van der Waals surface area contributed by atoms with Crippen LogP contribution in [-0.4, -0.2) is 66.9 Å². The molecule has 0 saturated carbocycles. The minimum absolute atomic E-state index is 0.111. The summed E-state index contributed by atoms with van der Waals surface area (Å²) in [7, 11) is 1.99. The maximum atomic E-state index is 13.6. The Kier molecular flexibility index (Phi) is 8.17. The molecule has 1 aliphatic rings. The van der Waals surface area contributed by atoms with Crippen molar-refractivity contribution in [3.8, 4) is 17.2 Å². The third-order valence-electron chi connectivity index (χ3n) is 5.53. The summed E-state index contributed by atoms with van der Waals surface area (Å²) in [6.45, 7) is 0.993. The van der Waals surface area contributed by atoms with E-state index in [0.717, 1.165) is 5.56 Å². The molecule has 0 amide bonds. The van der Waals surface area contributed by atoms with Gasteiger partial charge in [0.2, 0.25) is 10.0 Å². The maximum absolute atomic E-state index is 13.6. The van der Waals surface area contributed by atoms with Crippen molar-refractivity contribution in [1.29, 1.82) is 0 Å². The molecule has 180 valence electrons. The number of methoxy groups -OCH3 is 4. The molecule has 0 aromatic heterocycles. The van der Waals surface area contributed by atoms with Crippen molar-refractivity contribution in [2.45, 2.75) is 23.8 Å². The minimum atomic E-state index is -3.91. The van der Waals surface area contributed by atoms with Crippen LogP contribution in [0, 0.1) is 0 Å². The van der Waals surface area contributed by atoms with Gasteiger partial charge in [-0.3, -0.25) is 4.79 Å². The van der Waals surface area contributed by atoms with E-state index >= 15 is 0 Å². The number of hydrogen-bond acceptors (Lipinski definition) is 8. The van der Waals surface area contributed by atoms with Gasteiger partial charge >= 0.3 is 5.97 Å². The number of fused-ring (bicyclic) bond motifs is 1. The van der Waals surface area contributed by atoms with Crippen molar-refractivity contribution < 1.29 is 36.9 Å². The lowest BCUT2D eigenvalue weighted by molar-refractivity contribution is -0.141. The van der Waals surface area contributed by atoms with Gasteiger partial charge in [0.1, 0.15) is 12.4 Å². The summed E-state index contributed by atoms with van der Waals surface area (Å²) in [5.74, 6) is 1.04. The first-order chi connectivity index (χ1) is 15.8. The molecule has 9 nitrogen and oxygen atoms in total. The lowest BCUT2D eigenvalue weighted by atomic mass is 9.91. The number of esters is 1. The SMILES string of the molecule is COCCOc1ccc(S(=O)(=O)N2CCc3cc(OC)c(OC)cc3C2CC(=O)OC)cc1. The molecule has 0 saturated heterocycles. The number of sulfonamides is 1. The van der Waals surface area contributed by atoms with Crippen LogP contribution in [0.2, 0.25) is 0 Å². The third kappa shape index (κ3) is 5.40. The topological polar surface area (TPSA) is 101 Å². The highest BCUT2D eigenvalue weighted by Gasteiger charge is 2.38. The van der Waals surface area contributed by atoms with E-state index in [2.05, 4.69) is 0 Å². The zero-order valence-electron chi connectivity index (χ0n) is 19.2. The van der Waals surface area contributed by atoms with Gasteiger partial charge < -0.3 is 23.7 Å². The molecule has 1 heterocycles. The Morgan fingerprint density at radius 2 is 1.67 bits per heavy atom. The average molecular weight is 480 g/mol. The molecule has 0 spiro atoms. The molecular formula is C23H29NO8S. The lowest BCUT2D eigenvalue weighted by Gasteiger charge is -2.36. The molecule has 0 fully saturated rings. The van der Waals surface area contributed by atoms with Gasteiger partial charge in [-0.2, -0.15) is 4.31 Å². The summed E-state index contributed by atoms with van der Waals surface area (Å²) in [6.07, 6.45) is 0.335. The number of hydrogen-bond donors (Lipinski definition) is 0. The highest BCUT2D eigenvalue weighted by atomic mass is 32.2. The first-order valence-corrected chi connectivity index (χ1v) is 11.8. The fourth-order valence-electron chi connectivity index (χ4n) is 3.83. The van der Waals surface area contributed by atoms with E-state index in [4.69, 9.17) is 23.7 Å². The van der Waals surface area contributed by atoms with Crippen LogP contribution in [0.3, 0.4) is 0 Å². The molecule has 0 aliphatic carbocycles. The molecule has 0 N–H and O–H groups in total. The van der Waals surface area contributed by atoms with Gasteiger partial charge in [-0.15, -0.1) is 0 Å². The standard InChI is InChI=1S/C23H29NO8S/c1-28-11-12-32-17-5-7-18(8-6-17)33(26,27)24-10-9-16-13-21(29-2)22(30-3)14-19(16)20(24)15-23(25)31-4/h5-8,13-14,20H,9-12,15H2,1-4H3. The average Bonchev–Trinajstić information content (AvgIpc) is 2.83. The first-order valence-electron chi connectivity index (χ1n) is 10.4. The van der Waals surface area contributed by atoms with Gasteiger partial charge in [0.15, 0.2) is 11.5 Å². The largest absolute Gasteiger partial charge is 0.493 e. The molecule has 1 unspecified atom stereocenters. The fourth-order valence-corrected chi connectivity index (χ4v) is 5.44. The molecule has 0 radical (unpaired) electrons. The first kappa shape index (κ1) is 24.8. The molecule has 1 aliphatic heterocycles. The van der Waals surface area contributed by atoms with Crippen LogP contribution in [0.15, 0.2) is 41.3 Å². The van der Waals surface area contributed by atoms with E-state index in [0.29, 0.717) is 42.4 Å². The Balaban J connectivity index is 1.97. The molecule has 2 aromatic carbocycles. The number of carbonyl (C=O) groups excluding carboxylic acids is 1. The second kappa shape index (κ2) is 10.9. The van der Waals surface area contributed by atoms with Crippen LogP contribution in [0.25, 0.3) is 0 Å². The van der Waals surface area contributed by atoms with Crippen molar-refractivity contribution >= 4 is 16.0 Å². The molecule has 3 rings (SSSR count). The number of ether oxygens (including phenoxy) is 5. The third-order valence-corrected chi connectivity index (χ3v) is 7.45. The van der Waals surface area contributed by atoms with Gasteiger partial charge in [0.05, 0.1) is 45.3 Å². The smallest absolute Gasteiger partial charge is 0.307 e. The van der Waals surface area contributed by atoms with Gasteiger partial charge in [-0.05, 0) is 53.9 Å². The summed E-state index contributed by atoms with van der Waals surface area (Å²) in [4.78, 5) is 12.3. The summed E-state index contributed by atoms with van der Waals surface area (Å²) in [6, 6.07) is 9.01. The predicted molar refractivity (Wildman–Crippen MR) is 120 cm³/mol. The number of rotatable bonds is 10. The van der Waals surface area contributed by atoms with Crippen molar-refractivity contribution in [2.75, 3.05) is 48.2 Å². The summed E-state index contributed by atoms with van der Waals surface area (Å²) in [5, 5.41) is 0. The van der Waals surface area contributed by atoms with E-state index in [1.54, 1.807) is 32.4 Å². The van der Waals surface area contributed by atoms with E-state index in [1.807, 2.05) is 6.07 Å². The molecule has 2 aromatic rings. The highest BCUT2D eigenvalue weighted by Crippen LogP contribution is 2.41. The maximum Gasteiger partial charge on any atom is 0.307 e. The van der Waals surface area contributed by atoms with Gasteiger partial charge in [-0.25, -0.2) is 8.42 Å². The van der Waals surface area contributed by atoms with Crippen LogP contribution in [0.4, 0.5) is 0 Å². The van der Waals surface area contributed by atoms with E-state index in [9.17, 15) is 13.2 Å². The van der Waals surface area contributed by atoms with Gasteiger partial charge in [0, 0.05) is 13.7 Å². The van der Waals surface area contributed by atoms with Crippen molar-refractivity contribution in [3.05, 3.63) is 47.5 Å². The Morgan fingerprint density at radius 3 is 2.27 bits per heavy atom. The van der Waals surface area contributed by atoms with Crippen molar-refractivity contribution in [2.24, 2.45) is 0 Å². The number of carbonyl (C=O) groups is 1. The summed E-state index contributed by atoms with van der Waals surface area (Å²) >= 11 is 0. The lowest BCUT2D eigenvalue weighted by Crippen LogP contribution is -2.41. The minimum Gasteiger partial charge on any atom is -0.493 e. The van der Waals surface area contributed by atoms with Crippen molar-refractivity contribution in [3.63, 3.8) is 0 Å². The van der Waals surface area contributed by atoms with E-state index in [1.165, 1.54) is 30.7 Å². The fraction of sp³-hybridized carbons (Fsp3) is 0.435. The van der Waals surface area contributed by atoms with Crippen LogP contribution >= 0.6 is 0 Å². The van der Waals surface area contributed by atoms with Crippen LogP contribution < -0.4 is 14.2 Å². The van der Waals surface area contributed by atoms with Gasteiger partial charge in [-0.1, -0.05) is 0 Å². The monoisotopic (exact) mass is 479 g/mol. The predicted octanol–water partition coefficient (Wildman–Crippen LogP) is 2.58. The number of nitrogens with zero attached hydrogens (tertiary/aromatic N) is 1. The van der Waals surface area contributed by atoms with Crippen LogP contribution in [0.5, 0.6) is 17.2 Å². The number of benzene rings is 2. The zero-order valence-corrected chi connectivity index (χ0v) is 20.0. The molecule has 0 bridgehead atoms. The van der Waals surface area contributed by atoms with E-state index in [-0.39, 0.29) is 17.9 Å². The molecule has 1 atom stereocenters. The second-order valence-corrected chi connectivity index (χ2v) is 9.27. The Bertz CT molecular complexity index is 1070. The Morgan fingerprint density at radius 1 is 1.00 bits per heavy atom. The van der Waals surface area contributed by atoms with Crippen LogP contribution in [-0.2, 0) is 30.7 Å². The molecule has 10 heteroatoms. The quantitative estimate of drug-likeness (QED) is 0.379. The normalized spacial score (nSPS) is 16.1. The Labute approximate surface area is 194 Å². The summed E-state index contributed by atoms with van der Waals surface area (Å²) < 4.78 is 54.6. The second-order valence-electron chi connectivity index (χ2n) is 7.38. The highest BCUT2D eigenvalue weighted by molar-refractivity contribution is 7.89. The van der Waals surface area contributed by atoms with Gasteiger partial charge in [0.25, 0.3) is 0 Å². The summed E-state index contributed by atoms with van der Waals surface area (Å²) in [5.41, 5.74) is 1.59. The van der Waals surface area contributed by atoms with E-state index < -0.39 is 22.0 Å². The van der Waals surface area contributed by atoms with Crippen LogP contribution in [0.1, 0.15) is 23.6 Å². The molecular weight excluding hydrogens is 450 g/mol.